The molecule has 1 radical (unpaired) electrons. The maximum absolute atomic E-state index is 10.7. The third-order valence-corrected chi connectivity index (χ3v) is 1.31. The summed E-state index contributed by atoms with van der Waals surface area (Å²) >= 11 is 0. The molecule has 0 fully saturated rings. The average molecular weight is 129 g/mol. The molecule has 3 N–H and O–H groups in total. The van der Waals surface area contributed by atoms with Gasteiger partial charge in [0.15, 0.2) is 0 Å². The highest BCUT2D eigenvalue weighted by Gasteiger charge is 2.12. The van der Waals surface area contributed by atoms with Gasteiger partial charge in [-0.1, -0.05) is 13.8 Å². The van der Waals surface area contributed by atoms with E-state index < -0.39 is 0 Å². The van der Waals surface area contributed by atoms with Gasteiger partial charge >= 0.3 is 0 Å². The summed E-state index contributed by atoms with van der Waals surface area (Å²) in [5.41, 5.74) is 2.09. The van der Waals surface area contributed by atoms with Crippen molar-refractivity contribution in [2.75, 3.05) is 0 Å². The monoisotopic (exact) mass is 129 g/mol. The Morgan fingerprint density at radius 1 is 1.44 bits per heavy atom. The predicted molar refractivity (Wildman–Crippen MR) is 36.2 cm³/mol. The van der Waals surface area contributed by atoms with Gasteiger partial charge in [0.2, 0.25) is 5.91 Å². The number of carbonyl (C=O) groups excluding carboxylic acids is 1. The maximum atomic E-state index is 10.7. The van der Waals surface area contributed by atoms with E-state index in [9.17, 15) is 4.79 Å². The molecule has 0 heterocycles. The van der Waals surface area contributed by atoms with Crippen LogP contribution in [0.2, 0.25) is 0 Å². The molecule has 1 amide bonds. The lowest BCUT2D eigenvalue weighted by Gasteiger charge is -2.07. The van der Waals surface area contributed by atoms with Crippen LogP contribution in [0.25, 0.3) is 0 Å². The molecule has 0 unspecified atom stereocenters. The predicted octanol–water partition coefficient (Wildman–Crippen LogP) is 0.371. The van der Waals surface area contributed by atoms with Gasteiger partial charge in [-0.2, -0.15) is 0 Å². The van der Waals surface area contributed by atoms with Gasteiger partial charge in [0, 0.05) is 0 Å². The van der Waals surface area contributed by atoms with Crippen LogP contribution in [0, 0.1) is 5.92 Å². The van der Waals surface area contributed by atoms with Crippen LogP contribution >= 0.6 is 0 Å². The van der Waals surface area contributed by atoms with Gasteiger partial charge in [0.1, 0.15) is 0 Å². The molecule has 0 bridgehead atoms. The quantitative estimate of drug-likeness (QED) is 0.328. The minimum absolute atomic E-state index is 0.139. The van der Waals surface area contributed by atoms with E-state index in [1.807, 2.05) is 13.8 Å². The Hall–Kier alpha value is -0.570. The Bertz CT molecular complexity index is 89.1. The van der Waals surface area contributed by atoms with E-state index in [2.05, 4.69) is 5.43 Å². The Balaban J connectivity index is 3.64. The molecule has 0 aliphatic heterocycles. The molecule has 0 saturated carbocycles. The summed E-state index contributed by atoms with van der Waals surface area (Å²) < 4.78 is 0. The summed E-state index contributed by atoms with van der Waals surface area (Å²) in [5, 5.41) is 0. The second-order valence-corrected chi connectivity index (χ2v) is 1.78. The van der Waals surface area contributed by atoms with E-state index in [0.29, 0.717) is 0 Å². The number of hydrogen-bond donors (Lipinski definition) is 2. The zero-order chi connectivity index (χ0) is 7.28. The minimum Gasteiger partial charge on any atom is -0.294 e. The number of hydrogen-bond acceptors (Lipinski definition) is 2. The molecule has 0 spiro atoms. The van der Waals surface area contributed by atoms with Crippen LogP contribution < -0.4 is 11.3 Å². The number of nitrogens with two attached hydrogens (primary N) is 1. The van der Waals surface area contributed by atoms with Crippen LogP contribution in [0.4, 0.5) is 0 Å². The van der Waals surface area contributed by atoms with Gasteiger partial charge in [-0.05, 0) is 12.8 Å². The van der Waals surface area contributed by atoms with Gasteiger partial charge in [-0.3, -0.25) is 10.2 Å². The largest absolute Gasteiger partial charge is 0.294 e. The fraction of sp³-hybridized carbons (Fsp3) is 0.667. The second-order valence-electron chi connectivity index (χ2n) is 1.78. The van der Waals surface area contributed by atoms with Crippen molar-refractivity contribution in [3.63, 3.8) is 0 Å². The summed E-state index contributed by atoms with van der Waals surface area (Å²) in [5.74, 6) is 5.61. The van der Waals surface area contributed by atoms with Crippen LogP contribution in [-0.4, -0.2) is 5.91 Å². The molecule has 0 atom stereocenters. The summed E-state index contributed by atoms with van der Waals surface area (Å²) in [6.45, 7) is 3.88. The van der Waals surface area contributed by atoms with Gasteiger partial charge in [-0.25, -0.2) is 5.84 Å². The molecule has 0 aliphatic carbocycles. The van der Waals surface area contributed by atoms with Crippen LogP contribution in [0.15, 0.2) is 0 Å². The lowest BCUT2D eigenvalue weighted by atomic mass is 10.0. The third kappa shape index (κ3) is 2.46. The standard InChI is InChI=1S/C6H13N2O/c1-3-5(4-2)6(9)8-7/h3-4,7H2,1-2H3,(H,8,9). The van der Waals surface area contributed by atoms with E-state index in [4.69, 9.17) is 5.84 Å². The van der Waals surface area contributed by atoms with Crippen molar-refractivity contribution in [1.29, 1.82) is 0 Å². The SMILES string of the molecule is CC[C](CC)C(=O)NN. The number of carbonyl (C=O) groups is 1. The first-order chi connectivity index (χ1) is 4.26. The van der Waals surface area contributed by atoms with Crippen LogP contribution in [-0.2, 0) is 4.79 Å². The van der Waals surface area contributed by atoms with Crippen molar-refractivity contribution in [1.82, 2.24) is 5.43 Å². The van der Waals surface area contributed by atoms with Crippen molar-refractivity contribution >= 4 is 5.91 Å². The molecule has 9 heavy (non-hydrogen) atoms. The average Bonchev–Trinajstić information content (AvgIpc) is 1.90. The van der Waals surface area contributed by atoms with E-state index >= 15 is 0 Å². The molecular weight excluding hydrogens is 116 g/mol. The Labute approximate surface area is 55.6 Å². The molecule has 3 nitrogen and oxygen atoms in total. The van der Waals surface area contributed by atoms with Crippen molar-refractivity contribution in [2.45, 2.75) is 26.7 Å². The Kier molecular flexibility index (Phi) is 4.05. The molecule has 0 aromatic heterocycles. The molecule has 0 saturated heterocycles. The molecule has 53 valence electrons. The van der Waals surface area contributed by atoms with E-state index in [1.54, 1.807) is 0 Å². The zero-order valence-corrected chi connectivity index (χ0v) is 5.90. The zero-order valence-electron chi connectivity index (χ0n) is 5.90. The van der Waals surface area contributed by atoms with E-state index in [-0.39, 0.29) is 5.91 Å². The minimum atomic E-state index is -0.139. The molecule has 0 aliphatic rings. The first-order valence-electron chi connectivity index (χ1n) is 3.11. The summed E-state index contributed by atoms with van der Waals surface area (Å²) in [7, 11) is 0. The van der Waals surface area contributed by atoms with Gasteiger partial charge in [-0.15, -0.1) is 0 Å². The number of hydrazine groups is 1. The Morgan fingerprint density at radius 3 is 2.00 bits per heavy atom. The Morgan fingerprint density at radius 2 is 1.89 bits per heavy atom. The summed E-state index contributed by atoms with van der Waals surface area (Å²) in [6, 6.07) is 0. The van der Waals surface area contributed by atoms with Crippen molar-refractivity contribution in [3.05, 3.63) is 5.92 Å². The van der Waals surface area contributed by atoms with Gasteiger partial charge in [0.05, 0.1) is 5.92 Å². The van der Waals surface area contributed by atoms with Gasteiger partial charge < -0.3 is 0 Å². The third-order valence-electron chi connectivity index (χ3n) is 1.31. The smallest absolute Gasteiger partial charge is 0.241 e. The van der Waals surface area contributed by atoms with Crippen LogP contribution in [0.3, 0.4) is 0 Å². The molecule has 0 aromatic carbocycles. The first-order valence-corrected chi connectivity index (χ1v) is 3.11. The fourth-order valence-electron chi connectivity index (χ4n) is 0.673. The number of nitrogens with one attached hydrogen (secondary N) is 1. The van der Waals surface area contributed by atoms with Crippen molar-refractivity contribution < 1.29 is 4.79 Å². The van der Waals surface area contributed by atoms with Crippen LogP contribution in [0.5, 0.6) is 0 Å². The van der Waals surface area contributed by atoms with Gasteiger partial charge in [0.25, 0.3) is 0 Å². The summed E-state index contributed by atoms with van der Waals surface area (Å²) in [6.07, 6.45) is 1.55. The molecule has 0 rings (SSSR count). The van der Waals surface area contributed by atoms with E-state index in [1.165, 1.54) is 0 Å². The molecule has 0 aromatic rings. The lowest BCUT2D eigenvalue weighted by molar-refractivity contribution is -0.119. The second kappa shape index (κ2) is 4.32. The highest BCUT2D eigenvalue weighted by molar-refractivity contribution is 5.89. The first kappa shape index (κ1) is 8.43. The topological polar surface area (TPSA) is 55.1 Å². The normalized spacial score (nSPS) is 9.78. The highest BCUT2D eigenvalue weighted by Crippen LogP contribution is 2.08. The lowest BCUT2D eigenvalue weighted by Crippen LogP contribution is -2.34. The van der Waals surface area contributed by atoms with Crippen molar-refractivity contribution in [2.24, 2.45) is 5.84 Å². The summed E-state index contributed by atoms with van der Waals surface area (Å²) in [4.78, 5) is 10.7. The number of rotatable bonds is 3. The molecule has 3 heteroatoms. The maximum Gasteiger partial charge on any atom is 0.241 e. The van der Waals surface area contributed by atoms with Crippen LogP contribution in [0.1, 0.15) is 26.7 Å². The highest BCUT2D eigenvalue weighted by atomic mass is 16.2. The fourth-order valence-corrected chi connectivity index (χ4v) is 0.673. The van der Waals surface area contributed by atoms with E-state index in [0.717, 1.165) is 18.8 Å². The molecular formula is C6H13N2O. The number of amides is 1. The van der Waals surface area contributed by atoms with Crippen molar-refractivity contribution in [3.8, 4) is 0 Å².